The Morgan fingerprint density at radius 2 is 2.03 bits per heavy atom. The molecule has 0 N–H and O–H groups in total. The smallest absolute Gasteiger partial charge is 0.228 e. The Kier molecular flexibility index (Phi) is 7.11. The van der Waals surface area contributed by atoms with Gasteiger partial charge in [-0.3, -0.25) is 4.79 Å². The van der Waals surface area contributed by atoms with E-state index in [1.165, 1.54) is 0 Å². The zero-order chi connectivity index (χ0) is 24.3. The van der Waals surface area contributed by atoms with Crippen LogP contribution in [0.2, 0.25) is 0 Å². The van der Waals surface area contributed by atoms with Crippen molar-refractivity contribution in [2.45, 2.75) is 57.2 Å². The van der Waals surface area contributed by atoms with E-state index in [1.54, 1.807) is 59.4 Å². The average Bonchev–Trinajstić information content (AvgIpc) is 3.38. The molecule has 0 atom stereocenters. The van der Waals surface area contributed by atoms with E-state index in [0.717, 1.165) is 12.8 Å². The number of furan rings is 1. The molecule has 182 valence electrons. The van der Waals surface area contributed by atoms with Gasteiger partial charge in [0.05, 0.1) is 44.1 Å². The van der Waals surface area contributed by atoms with Gasteiger partial charge in [-0.2, -0.15) is 0 Å². The SMILES string of the molecule is COc1cccc(CS(=O)(=O)c2ncc(CN(Cc3ccco3)C(=O)C3CC3)n2CC(C)C)c1. The molecule has 0 saturated heterocycles. The third-order valence-electron chi connectivity index (χ3n) is 5.74. The number of hydrogen-bond acceptors (Lipinski definition) is 6. The van der Waals surface area contributed by atoms with E-state index >= 15 is 0 Å². The molecule has 4 rings (SSSR count). The van der Waals surface area contributed by atoms with E-state index in [2.05, 4.69) is 4.98 Å². The molecule has 1 aromatic carbocycles. The van der Waals surface area contributed by atoms with E-state index in [-0.39, 0.29) is 35.2 Å². The first kappa shape index (κ1) is 24.1. The molecule has 3 aromatic rings. The highest BCUT2D eigenvalue weighted by molar-refractivity contribution is 7.90. The molecule has 0 bridgehead atoms. The number of amides is 1. The molecule has 0 spiro atoms. The highest BCUT2D eigenvalue weighted by Gasteiger charge is 2.35. The third-order valence-corrected chi connectivity index (χ3v) is 7.33. The van der Waals surface area contributed by atoms with Gasteiger partial charge in [0.15, 0.2) is 0 Å². The number of carbonyl (C=O) groups is 1. The van der Waals surface area contributed by atoms with Gasteiger partial charge in [0.1, 0.15) is 11.5 Å². The van der Waals surface area contributed by atoms with Gasteiger partial charge in [-0.05, 0) is 48.6 Å². The van der Waals surface area contributed by atoms with Crippen molar-refractivity contribution >= 4 is 15.7 Å². The monoisotopic (exact) mass is 485 g/mol. The van der Waals surface area contributed by atoms with Crippen LogP contribution >= 0.6 is 0 Å². The quantitative estimate of drug-likeness (QED) is 0.407. The number of hydrogen-bond donors (Lipinski definition) is 0. The standard InChI is InChI=1S/C25H31N3O5S/c1-18(2)14-28-21(15-27(24(29)20-9-10-20)16-23-8-5-11-33-23)13-26-25(28)34(30,31)17-19-6-4-7-22(12-19)32-3/h4-8,11-13,18,20H,9-10,14-17H2,1-3H3. The lowest BCUT2D eigenvalue weighted by Crippen LogP contribution is -2.32. The van der Waals surface area contributed by atoms with Crippen molar-refractivity contribution < 1.29 is 22.4 Å². The Labute approximate surface area is 200 Å². The number of nitrogens with zero attached hydrogens (tertiary/aromatic N) is 3. The van der Waals surface area contributed by atoms with Gasteiger partial charge in [-0.15, -0.1) is 0 Å². The number of methoxy groups -OCH3 is 1. The van der Waals surface area contributed by atoms with E-state index in [0.29, 0.717) is 35.9 Å². The van der Waals surface area contributed by atoms with Crippen LogP contribution in [0.3, 0.4) is 0 Å². The van der Waals surface area contributed by atoms with Crippen molar-refractivity contribution in [2.24, 2.45) is 11.8 Å². The van der Waals surface area contributed by atoms with Crippen LogP contribution < -0.4 is 4.74 Å². The summed E-state index contributed by atoms with van der Waals surface area (Å²) in [5, 5.41) is 0.0239. The fourth-order valence-electron chi connectivity index (χ4n) is 3.96. The van der Waals surface area contributed by atoms with Crippen LogP contribution in [-0.4, -0.2) is 35.9 Å². The second-order valence-corrected chi connectivity index (χ2v) is 11.1. The van der Waals surface area contributed by atoms with Gasteiger partial charge in [0, 0.05) is 12.5 Å². The largest absolute Gasteiger partial charge is 0.497 e. The van der Waals surface area contributed by atoms with Crippen molar-refractivity contribution in [3.8, 4) is 5.75 Å². The molecular weight excluding hydrogens is 454 g/mol. The van der Waals surface area contributed by atoms with Crippen LogP contribution in [0.4, 0.5) is 0 Å². The maximum absolute atomic E-state index is 13.4. The molecule has 1 aliphatic rings. The number of benzene rings is 1. The highest BCUT2D eigenvalue weighted by Crippen LogP contribution is 2.32. The first-order chi connectivity index (χ1) is 16.3. The zero-order valence-corrected chi connectivity index (χ0v) is 20.6. The molecule has 34 heavy (non-hydrogen) atoms. The zero-order valence-electron chi connectivity index (χ0n) is 19.8. The van der Waals surface area contributed by atoms with Crippen LogP contribution in [-0.2, 0) is 40.0 Å². The van der Waals surface area contributed by atoms with Gasteiger partial charge in [-0.25, -0.2) is 13.4 Å². The number of sulfone groups is 1. The Morgan fingerprint density at radius 1 is 1.24 bits per heavy atom. The number of aromatic nitrogens is 2. The summed E-state index contributed by atoms with van der Waals surface area (Å²) in [6.07, 6.45) is 4.94. The average molecular weight is 486 g/mol. The molecule has 2 aromatic heterocycles. The summed E-state index contributed by atoms with van der Waals surface area (Å²) in [6, 6.07) is 10.7. The molecule has 2 heterocycles. The molecule has 9 heteroatoms. The van der Waals surface area contributed by atoms with Gasteiger partial charge >= 0.3 is 0 Å². The van der Waals surface area contributed by atoms with Crippen molar-refractivity contribution in [1.29, 1.82) is 0 Å². The summed E-state index contributed by atoms with van der Waals surface area (Å²) in [7, 11) is -2.18. The first-order valence-corrected chi connectivity index (χ1v) is 13.1. The van der Waals surface area contributed by atoms with Crippen LogP contribution in [0.5, 0.6) is 5.75 Å². The fraction of sp³-hybridized carbons (Fsp3) is 0.440. The maximum Gasteiger partial charge on any atom is 0.228 e. The number of carbonyl (C=O) groups excluding carboxylic acids is 1. The number of rotatable bonds is 11. The molecule has 0 aliphatic heterocycles. The molecule has 1 aliphatic carbocycles. The predicted octanol–water partition coefficient (Wildman–Crippen LogP) is 4.05. The van der Waals surface area contributed by atoms with Gasteiger partial charge in [-0.1, -0.05) is 26.0 Å². The fourth-order valence-corrected chi connectivity index (χ4v) is 5.45. The van der Waals surface area contributed by atoms with Crippen LogP contribution in [0.1, 0.15) is 43.7 Å². The van der Waals surface area contributed by atoms with Crippen LogP contribution in [0.25, 0.3) is 0 Å². The van der Waals surface area contributed by atoms with Gasteiger partial charge in [0.25, 0.3) is 0 Å². The summed E-state index contributed by atoms with van der Waals surface area (Å²) < 4.78 is 39.2. The molecule has 1 amide bonds. The Bertz CT molecular complexity index is 1230. The summed E-state index contributed by atoms with van der Waals surface area (Å²) in [5.41, 5.74) is 1.32. The summed E-state index contributed by atoms with van der Waals surface area (Å²) >= 11 is 0. The lowest BCUT2D eigenvalue weighted by molar-refractivity contribution is -0.134. The van der Waals surface area contributed by atoms with Crippen molar-refractivity contribution in [2.75, 3.05) is 7.11 Å². The van der Waals surface area contributed by atoms with E-state index in [1.807, 2.05) is 19.9 Å². The van der Waals surface area contributed by atoms with Crippen molar-refractivity contribution in [3.05, 3.63) is 65.9 Å². The van der Waals surface area contributed by atoms with E-state index in [4.69, 9.17) is 9.15 Å². The van der Waals surface area contributed by atoms with Crippen LogP contribution in [0, 0.1) is 11.8 Å². The molecule has 1 saturated carbocycles. The summed E-state index contributed by atoms with van der Waals surface area (Å²) in [4.78, 5) is 19.1. The molecule has 0 radical (unpaired) electrons. The lowest BCUT2D eigenvalue weighted by atomic mass is 10.2. The predicted molar refractivity (Wildman–Crippen MR) is 127 cm³/mol. The lowest BCUT2D eigenvalue weighted by Gasteiger charge is -2.23. The van der Waals surface area contributed by atoms with Gasteiger partial charge < -0.3 is 18.6 Å². The van der Waals surface area contributed by atoms with Gasteiger partial charge in [0.2, 0.25) is 20.9 Å². The normalized spacial score (nSPS) is 13.9. The maximum atomic E-state index is 13.4. The summed E-state index contributed by atoms with van der Waals surface area (Å²) in [5.74, 6) is 1.40. The Balaban J connectivity index is 1.63. The minimum Gasteiger partial charge on any atom is -0.497 e. The number of imidazole rings is 1. The van der Waals surface area contributed by atoms with E-state index in [9.17, 15) is 13.2 Å². The molecule has 0 unspecified atom stereocenters. The second kappa shape index (κ2) is 10.0. The Morgan fingerprint density at radius 3 is 2.68 bits per heavy atom. The Hall–Kier alpha value is -3.07. The first-order valence-electron chi connectivity index (χ1n) is 11.5. The molecule has 1 fully saturated rings. The summed E-state index contributed by atoms with van der Waals surface area (Å²) in [6.45, 7) is 5.14. The highest BCUT2D eigenvalue weighted by atomic mass is 32.2. The third kappa shape index (κ3) is 5.70. The van der Waals surface area contributed by atoms with Crippen molar-refractivity contribution in [3.63, 3.8) is 0 Å². The minimum atomic E-state index is -3.73. The topological polar surface area (TPSA) is 94.6 Å². The van der Waals surface area contributed by atoms with Crippen molar-refractivity contribution in [1.82, 2.24) is 14.5 Å². The molecular formula is C25H31N3O5S. The minimum absolute atomic E-state index is 0.0239. The number of ether oxygens (including phenoxy) is 1. The van der Waals surface area contributed by atoms with E-state index < -0.39 is 9.84 Å². The van der Waals surface area contributed by atoms with Crippen LogP contribution in [0.15, 0.2) is 58.4 Å². The molecule has 8 nitrogen and oxygen atoms in total. The second-order valence-electron chi connectivity index (χ2n) is 9.20.